The van der Waals surface area contributed by atoms with Crippen LogP contribution >= 0.6 is 0 Å². The summed E-state index contributed by atoms with van der Waals surface area (Å²) < 4.78 is 0. The van der Waals surface area contributed by atoms with Crippen LogP contribution in [0.3, 0.4) is 0 Å². The van der Waals surface area contributed by atoms with E-state index in [2.05, 4.69) is 5.32 Å². The summed E-state index contributed by atoms with van der Waals surface area (Å²) in [4.78, 5) is 0. The van der Waals surface area contributed by atoms with Crippen LogP contribution in [0.2, 0.25) is 0 Å². The van der Waals surface area contributed by atoms with Gasteiger partial charge in [-0.05, 0) is 0 Å². The molecule has 0 aliphatic carbocycles. The largest absolute Gasteiger partial charge is 0.380 e. The molecule has 0 fully saturated rings. The third kappa shape index (κ3) is 813. The monoisotopic (exact) mass is 512 g/mol. The maximum atomic E-state index is 6.22. The molecule has 1 radical (unpaired) electrons. The zero-order valence-corrected chi connectivity index (χ0v) is 12.8. The average molecular weight is 511 g/mol. The van der Waals surface area contributed by atoms with Gasteiger partial charge < -0.3 is 5.32 Å². The van der Waals surface area contributed by atoms with Crippen molar-refractivity contribution in [3.8, 4) is 0 Å². The first-order valence-electron chi connectivity index (χ1n) is 1.08. The van der Waals surface area contributed by atoms with Crippen molar-refractivity contribution in [3.63, 3.8) is 0 Å². The molecule has 0 heterocycles. The van der Waals surface area contributed by atoms with E-state index in [4.69, 9.17) is 5.41 Å². The van der Waals surface area contributed by atoms with Crippen molar-refractivity contribution >= 4 is 6.34 Å². The molecular weight excluding hydrogens is 505 g/mol. The first-order valence-corrected chi connectivity index (χ1v) is 1.08. The molecule has 0 amide bonds. The Kier molecular flexibility index (Phi) is 102. The van der Waals surface area contributed by atoms with Crippen molar-refractivity contribution < 1.29 is 20.4 Å². The van der Waals surface area contributed by atoms with Crippen molar-refractivity contribution in [3.05, 3.63) is 0 Å². The van der Waals surface area contributed by atoms with Crippen molar-refractivity contribution in [2.75, 3.05) is 7.05 Å². The van der Waals surface area contributed by atoms with Crippen LogP contribution in [0, 0.1) is 5.41 Å². The molecule has 4 heteroatoms. The summed E-state index contributed by atoms with van der Waals surface area (Å²) in [6, 6.07) is 0. The first kappa shape index (κ1) is 19.3. The van der Waals surface area contributed by atoms with Crippen molar-refractivity contribution in [1.82, 2.24) is 5.32 Å². The SMILES string of the molecule is CNC=N.[Re].[Rf]. The molecule has 0 aromatic rings. The van der Waals surface area contributed by atoms with E-state index >= 15 is 0 Å². The van der Waals surface area contributed by atoms with Gasteiger partial charge in [0, 0.05) is 27.5 Å². The molecule has 33 valence electrons. The average Bonchev–Trinajstić information content (AvgIpc) is 1.37. The Balaban J connectivity index is -0.0000000450. The van der Waals surface area contributed by atoms with Gasteiger partial charge in [0.25, 0.3) is 0 Å². The van der Waals surface area contributed by atoms with E-state index in [0.717, 1.165) is 6.34 Å². The Bertz CT molecular complexity index is 25.5. The molecule has 0 aliphatic heterocycles. The van der Waals surface area contributed by atoms with Crippen LogP contribution in [0.5, 0.6) is 0 Å². The van der Waals surface area contributed by atoms with Gasteiger partial charge in [0.05, 0.1) is 6.34 Å². The van der Waals surface area contributed by atoms with Gasteiger partial charge in [-0.25, -0.2) is 0 Å². The van der Waals surface area contributed by atoms with Crippen molar-refractivity contribution in [2.24, 2.45) is 0 Å². The molecule has 0 bridgehead atoms. The van der Waals surface area contributed by atoms with E-state index in [1.165, 1.54) is 0 Å². The fourth-order valence-electron chi connectivity index (χ4n) is 0. The Morgan fingerprint density at radius 3 is 1.83 bits per heavy atom. The molecule has 2 N–H and O–H groups in total. The quantitative estimate of drug-likeness (QED) is 0.372. The number of nitrogens with one attached hydrogen (secondary N) is 2. The maximum Gasteiger partial charge on any atom is 0.0788 e. The maximum absolute atomic E-state index is 6.22. The Labute approximate surface area is 45.1 Å². The smallest absolute Gasteiger partial charge is 0.0788 e. The molecule has 0 rings (SSSR count). The van der Waals surface area contributed by atoms with Crippen molar-refractivity contribution in [2.45, 2.75) is 0 Å². The third-order valence-electron chi connectivity index (χ3n) is 0.144. The summed E-state index contributed by atoms with van der Waals surface area (Å²) in [5.74, 6) is 0. The van der Waals surface area contributed by atoms with Gasteiger partial charge in [0.2, 0.25) is 0 Å². The van der Waals surface area contributed by atoms with E-state index < -0.39 is 0 Å². The van der Waals surface area contributed by atoms with Gasteiger partial charge in [0.15, 0.2) is 0 Å². The van der Waals surface area contributed by atoms with E-state index in [1.54, 1.807) is 7.05 Å². The van der Waals surface area contributed by atoms with Crippen LogP contribution in [0.25, 0.3) is 0 Å². The van der Waals surface area contributed by atoms with Crippen LogP contribution in [-0.2, 0) is 20.4 Å². The van der Waals surface area contributed by atoms with Gasteiger partial charge in [-0.1, -0.05) is 0 Å². The van der Waals surface area contributed by atoms with Crippen LogP contribution in [0.4, 0.5) is 0 Å². The molecule has 0 aromatic carbocycles. The van der Waals surface area contributed by atoms with Crippen LogP contribution in [0.15, 0.2) is 0 Å². The van der Waals surface area contributed by atoms with Gasteiger partial charge in [-0.3, -0.25) is 5.41 Å². The molecule has 0 atom stereocenters. The summed E-state index contributed by atoms with van der Waals surface area (Å²) >= 11 is 0. The van der Waals surface area contributed by atoms with Gasteiger partial charge in [-0.15, -0.1) is 0 Å². The fraction of sp³-hybridized carbons (Fsp3) is 0.500. The number of rotatable bonds is 1. The molecule has 2 nitrogen and oxygen atoms in total. The molecule has 0 saturated heterocycles. The fourth-order valence-corrected chi connectivity index (χ4v) is 0. The minimum atomic E-state index is 0. The summed E-state index contributed by atoms with van der Waals surface area (Å²) in [7, 11) is 1.69. The summed E-state index contributed by atoms with van der Waals surface area (Å²) in [5, 5.41) is 8.69. The molecule has 6 heavy (non-hydrogen) atoms. The summed E-state index contributed by atoms with van der Waals surface area (Å²) in [6.07, 6.45) is 1.12. The van der Waals surface area contributed by atoms with E-state index in [-0.39, 0.29) is 20.4 Å². The second-order valence-corrected chi connectivity index (χ2v) is 0.433. The Morgan fingerprint density at radius 1 is 1.67 bits per heavy atom. The van der Waals surface area contributed by atoms with Gasteiger partial charge in [0.1, 0.15) is 0 Å². The van der Waals surface area contributed by atoms with E-state index in [0.29, 0.717) is 0 Å². The Morgan fingerprint density at radius 2 is 1.83 bits per heavy atom. The van der Waals surface area contributed by atoms with Gasteiger partial charge in [-0.2, -0.15) is 0 Å². The summed E-state index contributed by atoms with van der Waals surface area (Å²) in [6.45, 7) is 0. The van der Waals surface area contributed by atoms with Crippen LogP contribution in [0.1, 0.15) is 0 Å². The minimum Gasteiger partial charge on any atom is -0.380 e. The molecule has 0 spiro atoms. The molecule has 0 saturated carbocycles. The first-order chi connectivity index (χ1) is 1.91. The predicted molar refractivity (Wildman–Crippen MR) is 17.8 cm³/mol. The zero-order chi connectivity index (χ0) is 3.41. The van der Waals surface area contributed by atoms with Crippen LogP contribution in [-0.4, -0.2) is 13.4 Å². The predicted octanol–water partition coefficient (Wildman–Crippen LogP) is -0.190. The van der Waals surface area contributed by atoms with Crippen molar-refractivity contribution in [1.29, 1.82) is 5.41 Å². The second kappa shape index (κ2) is 31.6. The third-order valence-corrected chi connectivity index (χ3v) is 0.144. The number of hydrogen-bond donors (Lipinski definition) is 2. The second-order valence-electron chi connectivity index (χ2n) is 0.433. The van der Waals surface area contributed by atoms with E-state index in [9.17, 15) is 0 Å². The minimum absolute atomic E-state index is 0. The molecular formula is C2H6N2ReRf. The van der Waals surface area contributed by atoms with Crippen LogP contribution < -0.4 is 5.32 Å². The zero-order valence-electron chi connectivity index (χ0n) is 3.66. The summed E-state index contributed by atoms with van der Waals surface area (Å²) in [5.41, 5.74) is 0. The topological polar surface area (TPSA) is 35.9 Å². The Hall–Kier alpha value is -0.868. The molecule has 0 aliphatic rings. The van der Waals surface area contributed by atoms with Gasteiger partial charge >= 0.3 is 0 Å². The number of hydrogen-bond acceptors (Lipinski definition) is 1. The standard InChI is InChI=1S/C2H6N2.Re.Rf/c1-4-2-3;;/h2H,1H3,(H2,3,4);;. The normalized spacial score (nSPS) is 3.50. The molecule has 0 aromatic heterocycles. The van der Waals surface area contributed by atoms with E-state index in [1.807, 2.05) is 0 Å². The molecule has 0 unspecified atom stereocenters.